The molecule has 1 amide bonds. The Morgan fingerprint density at radius 3 is 2.34 bits per heavy atom. The number of allylic oxidation sites excluding steroid dienone is 5. The van der Waals surface area contributed by atoms with Gasteiger partial charge in [0, 0.05) is 31.7 Å². The molecular weight excluding hydrogens is 622 g/mol. The van der Waals surface area contributed by atoms with Gasteiger partial charge in [-0.3, -0.25) is 14.4 Å². The summed E-state index contributed by atoms with van der Waals surface area (Å²) in [7, 11) is 0. The van der Waals surface area contributed by atoms with Gasteiger partial charge < -0.3 is 15.2 Å². The molecule has 0 aromatic heterocycles. The summed E-state index contributed by atoms with van der Waals surface area (Å²) < 4.78 is 6.07. The molecule has 0 bridgehead atoms. The van der Waals surface area contributed by atoms with Crippen LogP contribution < -0.4 is 5.32 Å². The first-order chi connectivity index (χ1) is 24.1. The highest BCUT2D eigenvalue weighted by Gasteiger charge is 2.59. The lowest BCUT2D eigenvalue weighted by molar-refractivity contribution is -0.151. The molecular formula is C44H71NO5. The third-order valence-electron chi connectivity index (χ3n) is 13.6. The minimum atomic E-state index is -0.814. The second-order valence-electron chi connectivity index (χ2n) is 16.9. The molecule has 0 heterocycles. The summed E-state index contributed by atoms with van der Waals surface area (Å²) in [6, 6.07) is 0. The predicted octanol–water partition coefficient (Wildman–Crippen LogP) is 10.9. The van der Waals surface area contributed by atoms with Crippen LogP contribution in [-0.4, -0.2) is 35.6 Å². The molecule has 282 valence electrons. The number of carbonyl (C=O) groups excluding carboxylic acids is 2. The summed E-state index contributed by atoms with van der Waals surface area (Å²) >= 11 is 0. The van der Waals surface area contributed by atoms with Gasteiger partial charge in [0.05, 0.1) is 0 Å². The zero-order chi connectivity index (χ0) is 36.0. The van der Waals surface area contributed by atoms with Crippen molar-refractivity contribution in [2.45, 2.75) is 175 Å². The van der Waals surface area contributed by atoms with E-state index in [4.69, 9.17) is 9.84 Å². The van der Waals surface area contributed by atoms with E-state index in [-0.39, 0.29) is 41.1 Å². The average molecular weight is 694 g/mol. The van der Waals surface area contributed by atoms with E-state index in [0.29, 0.717) is 43.1 Å². The SMILES string of the molecule is CCCCC/C=C/C/C=C/CCCCCCCC(=O)O[C@H]1CC[C@@]2(C)C(=CC[C@H]3[C@@H]4CC[C@H]([C@H](C)C(=O)NCCCC(=O)O)[C@@]4(C)CC[C@@H]32)C1. The Morgan fingerprint density at radius 1 is 0.880 bits per heavy atom. The zero-order valence-corrected chi connectivity index (χ0v) is 32.2. The van der Waals surface area contributed by atoms with Crippen molar-refractivity contribution in [3.05, 3.63) is 36.0 Å². The quantitative estimate of drug-likeness (QED) is 0.0709. The van der Waals surface area contributed by atoms with E-state index in [1.54, 1.807) is 0 Å². The number of hydrogen-bond donors (Lipinski definition) is 2. The van der Waals surface area contributed by atoms with Crippen LogP contribution in [0.2, 0.25) is 0 Å². The van der Waals surface area contributed by atoms with Crippen LogP contribution in [0.25, 0.3) is 0 Å². The number of rotatable bonds is 21. The first kappa shape index (κ1) is 40.4. The lowest BCUT2D eigenvalue weighted by Gasteiger charge is -2.58. The van der Waals surface area contributed by atoms with Crippen molar-refractivity contribution >= 4 is 17.8 Å². The number of carboxylic acids is 1. The van der Waals surface area contributed by atoms with Gasteiger partial charge in [0.25, 0.3) is 0 Å². The molecule has 6 nitrogen and oxygen atoms in total. The number of carbonyl (C=O) groups is 3. The lowest BCUT2D eigenvalue weighted by Crippen LogP contribution is -2.51. The monoisotopic (exact) mass is 694 g/mol. The van der Waals surface area contributed by atoms with E-state index in [1.165, 1.54) is 69.8 Å². The molecule has 4 aliphatic carbocycles. The Kier molecular flexibility index (Phi) is 16.2. The van der Waals surface area contributed by atoms with E-state index in [0.717, 1.165) is 57.8 Å². The second-order valence-corrected chi connectivity index (χ2v) is 16.9. The van der Waals surface area contributed by atoms with E-state index < -0.39 is 5.97 Å². The van der Waals surface area contributed by atoms with Crippen LogP contribution in [0.5, 0.6) is 0 Å². The van der Waals surface area contributed by atoms with Crippen LogP contribution in [0, 0.1) is 40.4 Å². The Bertz CT molecular complexity index is 1190. The number of aliphatic carboxylic acids is 1. The number of esters is 1. The number of hydrogen-bond acceptors (Lipinski definition) is 4. The highest BCUT2D eigenvalue weighted by Crippen LogP contribution is 2.67. The van der Waals surface area contributed by atoms with Gasteiger partial charge in [0.2, 0.25) is 5.91 Å². The summed E-state index contributed by atoms with van der Waals surface area (Å²) in [5.74, 6) is 1.56. The molecule has 50 heavy (non-hydrogen) atoms. The topological polar surface area (TPSA) is 92.7 Å². The maximum Gasteiger partial charge on any atom is 0.306 e. The molecule has 0 aromatic carbocycles. The minimum Gasteiger partial charge on any atom is -0.481 e. The van der Waals surface area contributed by atoms with Gasteiger partial charge in [-0.1, -0.05) is 95.8 Å². The maximum atomic E-state index is 13.1. The molecule has 2 N–H and O–H groups in total. The smallest absolute Gasteiger partial charge is 0.306 e. The number of amides is 1. The third kappa shape index (κ3) is 10.8. The summed E-state index contributed by atoms with van der Waals surface area (Å²) in [6.07, 6.45) is 34.7. The number of carboxylic acid groups (broad SMARTS) is 1. The first-order valence-corrected chi connectivity index (χ1v) is 20.8. The Morgan fingerprint density at radius 2 is 1.60 bits per heavy atom. The zero-order valence-electron chi connectivity index (χ0n) is 32.2. The molecule has 4 aliphatic rings. The van der Waals surface area contributed by atoms with Crippen molar-refractivity contribution < 1.29 is 24.2 Å². The fourth-order valence-electron chi connectivity index (χ4n) is 10.7. The van der Waals surface area contributed by atoms with Crippen LogP contribution in [0.3, 0.4) is 0 Å². The minimum absolute atomic E-state index is 0.0101. The molecule has 0 unspecified atom stereocenters. The summed E-state index contributed by atoms with van der Waals surface area (Å²) in [5, 5.41) is 11.9. The van der Waals surface area contributed by atoms with Crippen LogP contribution >= 0.6 is 0 Å². The predicted molar refractivity (Wildman–Crippen MR) is 203 cm³/mol. The molecule has 4 rings (SSSR count). The van der Waals surface area contributed by atoms with E-state index in [1.807, 2.05) is 0 Å². The van der Waals surface area contributed by atoms with Gasteiger partial charge in [0.1, 0.15) is 6.10 Å². The van der Waals surface area contributed by atoms with Gasteiger partial charge in [-0.05, 0) is 124 Å². The van der Waals surface area contributed by atoms with E-state index in [9.17, 15) is 14.4 Å². The van der Waals surface area contributed by atoms with Crippen molar-refractivity contribution in [1.29, 1.82) is 0 Å². The molecule has 0 aliphatic heterocycles. The Labute approximate surface area is 304 Å². The van der Waals surface area contributed by atoms with Crippen molar-refractivity contribution in [2.75, 3.05) is 6.54 Å². The third-order valence-corrected chi connectivity index (χ3v) is 13.6. The summed E-state index contributed by atoms with van der Waals surface area (Å²) in [5.41, 5.74) is 1.90. The van der Waals surface area contributed by atoms with Crippen molar-refractivity contribution in [3.8, 4) is 0 Å². The first-order valence-electron chi connectivity index (χ1n) is 20.8. The maximum absolute atomic E-state index is 13.1. The van der Waals surface area contributed by atoms with Crippen molar-refractivity contribution in [3.63, 3.8) is 0 Å². The van der Waals surface area contributed by atoms with Gasteiger partial charge in [-0.25, -0.2) is 0 Å². The van der Waals surface area contributed by atoms with Crippen LogP contribution in [0.15, 0.2) is 36.0 Å². The number of unbranched alkanes of at least 4 members (excludes halogenated alkanes) is 8. The molecule has 3 saturated carbocycles. The largest absolute Gasteiger partial charge is 0.481 e. The van der Waals surface area contributed by atoms with Crippen molar-refractivity contribution in [2.24, 2.45) is 40.4 Å². The lowest BCUT2D eigenvalue weighted by atomic mass is 9.47. The number of nitrogens with one attached hydrogen (secondary N) is 1. The fourth-order valence-corrected chi connectivity index (χ4v) is 10.7. The fraction of sp³-hybridized carbons (Fsp3) is 0.795. The molecule has 0 aromatic rings. The standard InChI is InChI=1S/C44H71NO5/c1-5-6-7-8-9-10-11-12-13-14-15-16-17-18-19-22-41(48)50-35-27-29-43(3)34(32-35)23-24-36-38-26-25-37(44(38,4)30-28-39(36)43)33(2)42(49)45-31-20-21-40(46)47/h9-10,12-13,23,33,35-39H,5-8,11,14-22,24-32H2,1-4H3,(H,45,49)(H,46,47)/b10-9+,13-12+/t33-,35-,36-,37+,38-,39-,43-,44+/m0/s1. The molecule has 3 fully saturated rings. The normalized spacial score (nSPS) is 31.1. The highest BCUT2D eigenvalue weighted by atomic mass is 16.5. The van der Waals surface area contributed by atoms with Gasteiger partial charge in [-0.15, -0.1) is 0 Å². The van der Waals surface area contributed by atoms with Crippen molar-refractivity contribution in [1.82, 2.24) is 5.32 Å². The highest BCUT2D eigenvalue weighted by molar-refractivity contribution is 5.78. The van der Waals surface area contributed by atoms with Crippen LogP contribution in [0.1, 0.15) is 169 Å². The molecule has 0 radical (unpaired) electrons. The van der Waals surface area contributed by atoms with Crippen LogP contribution in [0.4, 0.5) is 0 Å². The van der Waals surface area contributed by atoms with Gasteiger partial charge in [-0.2, -0.15) is 0 Å². The summed E-state index contributed by atoms with van der Waals surface area (Å²) in [4.78, 5) is 36.7. The average Bonchev–Trinajstić information content (AvgIpc) is 3.45. The Hall–Kier alpha value is -2.37. The van der Waals surface area contributed by atoms with Gasteiger partial charge in [0.15, 0.2) is 0 Å². The second kappa shape index (κ2) is 20.0. The number of fused-ring (bicyclic) bond motifs is 5. The molecule has 0 spiro atoms. The van der Waals surface area contributed by atoms with E-state index >= 15 is 0 Å². The summed E-state index contributed by atoms with van der Waals surface area (Å²) in [6.45, 7) is 9.74. The van der Waals surface area contributed by atoms with Gasteiger partial charge >= 0.3 is 11.9 Å². The van der Waals surface area contributed by atoms with Crippen LogP contribution in [-0.2, 0) is 19.1 Å². The molecule has 8 atom stereocenters. The molecule has 6 heteroatoms. The molecule has 0 saturated heterocycles. The number of ether oxygens (including phenoxy) is 1. The Balaban J connectivity index is 1.14. The van der Waals surface area contributed by atoms with E-state index in [2.05, 4.69) is 63.4 Å².